The van der Waals surface area contributed by atoms with E-state index in [-0.39, 0.29) is 11.5 Å². The van der Waals surface area contributed by atoms with E-state index in [1.165, 1.54) is 22.7 Å². The Kier molecular flexibility index (Phi) is 2.60. The van der Waals surface area contributed by atoms with Gasteiger partial charge in [0.25, 0.3) is 11.3 Å². The second-order valence-electron chi connectivity index (χ2n) is 4.42. The third-order valence-electron chi connectivity index (χ3n) is 2.98. The lowest BCUT2D eigenvalue weighted by atomic mass is 10.2. The van der Waals surface area contributed by atoms with E-state index in [9.17, 15) is 15.3 Å². The second kappa shape index (κ2) is 4.30. The number of rotatable bonds is 2. The third kappa shape index (κ3) is 1.85. The van der Waals surface area contributed by atoms with Crippen LogP contribution >= 0.6 is 0 Å². The minimum Gasteiger partial charge on any atom is -0.692 e. The van der Waals surface area contributed by atoms with Gasteiger partial charge in [-0.15, -0.1) is 9.36 Å². The maximum Gasteiger partial charge on any atom is 0.355 e. The number of nitrogens with zero attached hydrogens (tertiary/aromatic N) is 4. The molecule has 3 rings (SSSR count). The Hall–Kier alpha value is -2.96. The molecule has 0 aliphatic heterocycles. The second-order valence-corrected chi connectivity index (χ2v) is 4.42. The van der Waals surface area contributed by atoms with Crippen LogP contribution in [0.5, 0.6) is 0 Å². The quantitative estimate of drug-likeness (QED) is 0.308. The van der Waals surface area contributed by atoms with Crippen LogP contribution in [0.4, 0.5) is 5.69 Å². The van der Waals surface area contributed by atoms with Crippen molar-refractivity contribution < 1.29 is 9.77 Å². The van der Waals surface area contributed by atoms with Crippen molar-refractivity contribution >= 4 is 11.3 Å². The zero-order valence-electron chi connectivity index (χ0n) is 10.6. The summed E-state index contributed by atoms with van der Waals surface area (Å²) in [5.74, 6) is 0.138. The summed E-state index contributed by atoms with van der Waals surface area (Å²) in [4.78, 5) is 15.1. The molecule has 0 fully saturated rings. The van der Waals surface area contributed by atoms with Crippen LogP contribution in [0.25, 0.3) is 17.0 Å². The lowest BCUT2D eigenvalue weighted by molar-refractivity contribution is -0.667. The van der Waals surface area contributed by atoms with Crippen LogP contribution in [-0.4, -0.2) is 14.4 Å². The first-order valence-electron chi connectivity index (χ1n) is 5.89. The zero-order valence-corrected chi connectivity index (χ0v) is 10.6. The molecule has 2 heterocycles. The lowest BCUT2D eigenvalue weighted by Gasteiger charge is -2.02. The van der Waals surface area contributed by atoms with E-state index >= 15 is 0 Å². The van der Waals surface area contributed by atoms with Crippen molar-refractivity contribution in [2.75, 3.05) is 0 Å². The number of hydrogen-bond acceptors (Lipinski definition) is 4. The molecule has 0 aliphatic rings. The Morgan fingerprint density at radius 1 is 1.30 bits per heavy atom. The SMILES string of the molecule is Cc1ccn2c(c1)nc(-c1cccc([N+](=O)[O-])c1)[n+]2[O-]. The van der Waals surface area contributed by atoms with Gasteiger partial charge in [-0.2, -0.15) is 0 Å². The van der Waals surface area contributed by atoms with Crippen LogP contribution in [-0.2, 0) is 0 Å². The summed E-state index contributed by atoms with van der Waals surface area (Å²) in [5, 5.41) is 22.9. The van der Waals surface area contributed by atoms with Gasteiger partial charge in [0.05, 0.1) is 16.7 Å². The summed E-state index contributed by atoms with van der Waals surface area (Å²) in [5.41, 5.74) is 1.82. The molecule has 2 aromatic heterocycles. The average Bonchev–Trinajstić information content (AvgIpc) is 2.75. The largest absolute Gasteiger partial charge is 0.692 e. The van der Waals surface area contributed by atoms with Gasteiger partial charge in [0.1, 0.15) is 0 Å². The minimum atomic E-state index is -0.501. The van der Waals surface area contributed by atoms with Crippen molar-refractivity contribution in [2.45, 2.75) is 6.92 Å². The molecule has 0 bridgehead atoms. The first-order valence-corrected chi connectivity index (χ1v) is 5.89. The summed E-state index contributed by atoms with van der Waals surface area (Å²) < 4.78 is 1.35. The van der Waals surface area contributed by atoms with Crippen molar-refractivity contribution in [3.63, 3.8) is 0 Å². The fourth-order valence-corrected chi connectivity index (χ4v) is 2.01. The maximum atomic E-state index is 12.2. The molecule has 20 heavy (non-hydrogen) atoms. The first kappa shape index (κ1) is 12.1. The molecule has 0 amide bonds. The molecule has 0 radical (unpaired) electrons. The number of hydrogen-bond donors (Lipinski definition) is 0. The van der Waals surface area contributed by atoms with E-state index in [1.54, 1.807) is 24.4 Å². The van der Waals surface area contributed by atoms with E-state index in [4.69, 9.17) is 0 Å². The first-order chi connectivity index (χ1) is 9.56. The molecule has 0 aliphatic carbocycles. The van der Waals surface area contributed by atoms with Crippen molar-refractivity contribution in [1.82, 2.24) is 9.50 Å². The van der Waals surface area contributed by atoms with Gasteiger partial charge in [-0.1, -0.05) is 6.07 Å². The van der Waals surface area contributed by atoms with Gasteiger partial charge in [0, 0.05) is 18.2 Å². The van der Waals surface area contributed by atoms with Crippen molar-refractivity contribution in [3.8, 4) is 11.4 Å². The molecule has 0 atom stereocenters. The van der Waals surface area contributed by atoms with Gasteiger partial charge >= 0.3 is 5.82 Å². The number of pyridine rings is 1. The van der Waals surface area contributed by atoms with Crippen LogP contribution in [0.15, 0.2) is 42.6 Å². The van der Waals surface area contributed by atoms with Crippen LogP contribution < -0.4 is 4.85 Å². The molecule has 0 saturated heterocycles. The van der Waals surface area contributed by atoms with E-state index in [0.717, 1.165) is 5.56 Å². The van der Waals surface area contributed by atoms with Crippen LogP contribution in [0.2, 0.25) is 0 Å². The number of nitro benzene ring substituents is 1. The van der Waals surface area contributed by atoms with Gasteiger partial charge in [0.15, 0.2) is 0 Å². The maximum absolute atomic E-state index is 12.2. The number of nitro groups is 1. The molecule has 100 valence electrons. The van der Waals surface area contributed by atoms with Crippen LogP contribution in [0.3, 0.4) is 0 Å². The Morgan fingerprint density at radius 2 is 2.10 bits per heavy atom. The highest BCUT2D eigenvalue weighted by Gasteiger charge is 2.20. The highest BCUT2D eigenvalue weighted by Crippen LogP contribution is 2.20. The number of benzene rings is 1. The predicted molar refractivity (Wildman–Crippen MR) is 71.0 cm³/mol. The number of non-ortho nitro benzene ring substituents is 1. The molecular formula is C13H10N4O3. The number of fused-ring (bicyclic) bond motifs is 1. The third-order valence-corrected chi connectivity index (χ3v) is 2.98. The summed E-state index contributed by atoms with van der Waals surface area (Å²) in [6, 6.07) is 9.43. The summed E-state index contributed by atoms with van der Waals surface area (Å²) in [6.45, 7) is 1.90. The topological polar surface area (TPSA) is 87.4 Å². The number of aryl methyl sites for hydroxylation is 1. The van der Waals surface area contributed by atoms with E-state index < -0.39 is 4.92 Å². The van der Waals surface area contributed by atoms with E-state index in [1.807, 2.05) is 6.92 Å². The van der Waals surface area contributed by atoms with Gasteiger partial charge in [-0.25, -0.2) is 0 Å². The Balaban J connectivity index is 2.21. The van der Waals surface area contributed by atoms with Crippen molar-refractivity contribution in [2.24, 2.45) is 0 Å². The monoisotopic (exact) mass is 270 g/mol. The van der Waals surface area contributed by atoms with Crippen LogP contribution in [0, 0.1) is 22.2 Å². The summed E-state index contributed by atoms with van der Waals surface area (Å²) >= 11 is 0. The summed E-state index contributed by atoms with van der Waals surface area (Å²) in [7, 11) is 0. The molecule has 0 N–H and O–H groups in total. The zero-order chi connectivity index (χ0) is 14.3. The molecule has 0 spiro atoms. The molecule has 7 nitrogen and oxygen atoms in total. The smallest absolute Gasteiger partial charge is 0.355 e. The van der Waals surface area contributed by atoms with Gasteiger partial charge in [0.2, 0.25) is 0 Å². The van der Waals surface area contributed by atoms with Gasteiger partial charge < -0.3 is 5.21 Å². The predicted octanol–water partition coefficient (Wildman–Crippen LogP) is 1.85. The molecule has 3 aromatic rings. The van der Waals surface area contributed by atoms with E-state index in [0.29, 0.717) is 16.1 Å². The van der Waals surface area contributed by atoms with Gasteiger partial charge in [-0.05, 0) is 29.6 Å². The fraction of sp³-hybridized carbons (Fsp3) is 0.0769. The highest BCUT2D eigenvalue weighted by atomic mass is 16.6. The molecule has 0 saturated carbocycles. The standard InChI is InChI=1S/C13H10N4O3/c1-9-5-6-15-12(7-9)14-13(16(15)18)10-3-2-4-11(8-10)17(19)20/h2-8H,1H3. The lowest BCUT2D eigenvalue weighted by Crippen LogP contribution is -2.34. The summed E-state index contributed by atoms with van der Waals surface area (Å²) in [6.07, 6.45) is 1.62. The Morgan fingerprint density at radius 3 is 2.85 bits per heavy atom. The molecule has 1 aromatic carbocycles. The fourth-order valence-electron chi connectivity index (χ4n) is 2.01. The Bertz CT molecular complexity index is 826. The average molecular weight is 270 g/mol. The molecule has 0 unspecified atom stereocenters. The molecular weight excluding hydrogens is 260 g/mol. The normalized spacial score (nSPS) is 10.8. The van der Waals surface area contributed by atoms with Gasteiger partial charge in [-0.3, -0.25) is 10.1 Å². The molecule has 7 heteroatoms. The Labute approximate surface area is 113 Å². The van der Waals surface area contributed by atoms with Crippen molar-refractivity contribution in [3.05, 3.63) is 63.5 Å². The minimum absolute atomic E-state index is 0.0734. The van der Waals surface area contributed by atoms with Crippen LogP contribution in [0.1, 0.15) is 5.56 Å². The van der Waals surface area contributed by atoms with E-state index in [2.05, 4.69) is 4.98 Å². The van der Waals surface area contributed by atoms with Crippen molar-refractivity contribution in [1.29, 1.82) is 0 Å². The number of aromatic nitrogens is 3. The highest BCUT2D eigenvalue weighted by molar-refractivity contribution is 5.59.